The van der Waals surface area contributed by atoms with Gasteiger partial charge < -0.3 is 4.90 Å². The molecule has 0 radical (unpaired) electrons. The SMILES string of the molecule is CCN(Cc1ccc(Br)s1)C(=O)Cn1nnc(-c2ccc(Cl)cc2)n1. The van der Waals surface area contributed by atoms with Crippen LogP contribution in [0.25, 0.3) is 11.4 Å². The average Bonchev–Trinajstić information content (AvgIpc) is 3.22. The van der Waals surface area contributed by atoms with Crippen LogP contribution >= 0.6 is 38.9 Å². The first kappa shape index (κ1) is 18.0. The molecular weight excluding hydrogens is 426 g/mol. The molecule has 25 heavy (non-hydrogen) atoms. The maximum Gasteiger partial charge on any atom is 0.246 e. The lowest BCUT2D eigenvalue weighted by Gasteiger charge is -2.19. The van der Waals surface area contributed by atoms with Gasteiger partial charge in [0.1, 0.15) is 6.54 Å². The zero-order chi connectivity index (χ0) is 17.8. The van der Waals surface area contributed by atoms with E-state index in [-0.39, 0.29) is 12.5 Å². The maximum atomic E-state index is 12.5. The van der Waals surface area contributed by atoms with Gasteiger partial charge in [0.15, 0.2) is 0 Å². The molecule has 6 nitrogen and oxygen atoms in total. The summed E-state index contributed by atoms with van der Waals surface area (Å²) in [5.74, 6) is 0.418. The molecule has 1 amide bonds. The van der Waals surface area contributed by atoms with Gasteiger partial charge in [0.2, 0.25) is 11.7 Å². The van der Waals surface area contributed by atoms with Crippen LogP contribution in [0.4, 0.5) is 0 Å². The number of hydrogen-bond donors (Lipinski definition) is 0. The second kappa shape index (κ2) is 8.07. The van der Waals surface area contributed by atoms with Crippen LogP contribution < -0.4 is 0 Å². The molecule has 1 aromatic carbocycles. The summed E-state index contributed by atoms with van der Waals surface area (Å²) in [6, 6.07) is 11.2. The minimum atomic E-state index is -0.0490. The molecule has 0 atom stereocenters. The van der Waals surface area contributed by atoms with Crippen LogP contribution in [0.15, 0.2) is 40.2 Å². The van der Waals surface area contributed by atoms with Gasteiger partial charge in [0, 0.05) is 22.0 Å². The average molecular weight is 441 g/mol. The Morgan fingerprint density at radius 2 is 2.04 bits per heavy atom. The Labute approximate surface area is 162 Å². The van der Waals surface area contributed by atoms with Crippen molar-refractivity contribution in [2.75, 3.05) is 6.54 Å². The molecule has 2 heterocycles. The number of amides is 1. The van der Waals surface area contributed by atoms with E-state index in [4.69, 9.17) is 11.6 Å². The van der Waals surface area contributed by atoms with E-state index >= 15 is 0 Å². The molecule has 3 rings (SSSR count). The smallest absolute Gasteiger partial charge is 0.246 e. The van der Waals surface area contributed by atoms with Crippen molar-refractivity contribution in [2.24, 2.45) is 0 Å². The van der Waals surface area contributed by atoms with Gasteiger partial charge in [-0.05, 0) is 64.5 Å². The van der Waals surface area contributed by atoms with E-state index in [1.54, 1.807) is 28.4 Å². The van der Waals surface area contributed by atoms with Gasteiger partial charge in [-0.25, -0.2) is 0 Å². The molecule has 0 saturated heterocycles. The molecule has 0 fully saturated rings. The Hall–Kier alpha value is -1.77. The molecule has 3 aromatic rings. The Morgan fingerprint density at radius 1 is 1.28 bits per heavy atom. The minimum absolute atomic E-state index is 0.0490. The van der Waals surface area contributed by atoms with Crippen LogP contribution in [-0.2, 0) is 17.9 Å². The van der Waals surface area contributed by atoms with E-state index in [0.29, 0.717) is 23.9 Å². The van der Waals surface area contributed by atoms with Crippen LogP contribution in [0, 0.1) is 0 Å². The molecule has 9 heteroatoms. The van der Waals surface area contributed by atoms with Gasteiger partial charge >= 0.3 is 0 Å². The van der Waals surface area contributed by atoms with Crippen molar-refractivity contribution >= 4 is 44.8 Å². The first-order chi connectivity index (χ1) is 12.0. The quantitative estimate of drug-likeness (QED) is 0.584. The molecule has 0 N–H and O–H groups in total. The van der Waals surface area contributed by atoms with E-state index in [2.05, 4.69) is 31.3 Å². The van der Waals surface area contributed by atoms with Crippen molar-refractivity contribution in [1.29, 1.82) is 0 Å². The number of rotatable bonds is 6. The number of carbonyl (C=O) groups is 1. The summed E-state index contributed by atoms with van der Waals surface area (Å²) >= 11 is 10.9. The lowest BCUT2D eigenvalue weighted by Crippen LogP contribution is -2.33. The van der Waals surface area contributed by atoms with Crippen molar-refractivity contribution < 1.29 is 4.79 Å². The molecule has 0 aliphatic heterocycles. The van der Waals surface area contributed by atoms with Crippen molar-refractivity contribution in [2.45, 2.75) is 20.0 Å². The number of benzene rings is 1. The minimum Gasteiger partial charge on any atom is -0.336 e. The van der Waals surface area contributed by atoms with Gasteiger partial charge in [0.25, 0.3) is 0 Å². The van der Waals surface area contributed by atoms with E-state index < -0.39 is 0 Å². The number of hydrogen-bond acceptors (Lipinski definition) is 5. The van der Waals surface area contributed by atoms with E-state index in [0.717, 1.165) is 14.2 Å². The van der Waals surface area contributed by atoms with E-state index in [1.807, 2.05) is 31.2 Å². The van der Waals surface area contributed by atoms with Crippen LogP contribution in [0.2, 0.25) is 5.02 Å². The third-order valence-corrected chi connectivity index (χ3v) is 5.40. The summed E-state index contributed by atoms with van der Waals surface area (Å²) < 4.78 is 1.05. The number of likely N-dealkylation sites (N-methyl/N-ethyl adjacent to an activating group) is 1. The maximum absolute atomic E-state index is 12.5. The molecule has 0 aliphatic carbocycles. The fraction of sp³-hybridized carbons (Fsp3) is 0.250. The number of aromatic nitrogens is 4. The number of tetrazole rings is 1. The van der Waals surface area contributed by atoms with Crippen LogP contribution in [0.1, 0.15) is 11.8 Å². The molecule has 0 spiro atoms. The third-order valence-electron chi connectivity index (χ3n) is 3.54. The molecule has 0 aliphatic rings. The highest BCUT2D eigenvalue weighted by Crippen LogP contribution is 2.23. The zero-order valence-electron chi connectivity index (χ0n) is 13.4. The lowest BCUT2D eigenvalue weighted by molar-refractivity contribution is -0.132. The Kier molecular flexibility index (Phi) is 5.82. The predicted molar refractivity (Wildman–Crippen MR) is 101 cm³/mol. The van der Waals surface area contributed by atoms with Crippen LogP contribution in [-0.4, -0.2) is 37.6 Å². The predicted octanol–water partition coefficient (Wildman–Crippen LogP) is 3.87. The van der Waals surface area contributed by atoms with Crippen molar-refractivity contribution in [1.82, 2.24) is 25.1 Å². The normalized spacial score (nSPS) is 10.8. The summed E-state index contributed by atoms with van der Waals surface area (Å²) in [6.07, 6.45) is 0. The zero-order valence-corrected chi connectivity index (χ0v) is 16.6. The van der Waals surface area contributed by atoms with Crippen LogP contribution in [0.5, 0.6) is 0 Å². The summed E-state index contributed by atoms with van der Waals surface area (Å²) in [5, 5.41) is 12.9. The molecule has 0 bridgehead atoms. The lowest BCUT2D eigenvalue weighted by atomic mass is 10.2. The summed E-state index contributed by atoms with van der Waals surface area (Å²) in [5.41, 5.74) is 0.805. The standard InChI is InChI=1S/C16H15BrClN5OS/c1-2-22(9-13-7-8-14(17)25-13)15(24)10-23-20-16(19-21-23)11-3-5-12(18)6-4-11/h3-8H,2,9-10H2,1H3. The molecule has 130 valence electrons. The van der Waals surface area contributed by atoms with Crippen molar-refractivity contribution in [3.63, 3.8) is 0 Å². The molecular formula is C16H15BrClN5OS. The number of thiophene rings is 1. The molecule has 2 aromatic heterocycles. The van der Waals surface area contributed by atoms with Gasteiger partial charge in [-0.15, -0.1) is 21.5 Å². The second-order valence-corrected chi connectivity index (χ2v) is 8.25. The van der Waals surface area contributed by atoms with Gasteiger partial charge in [-0.3, -0.25) is 4.79 Å². The van der Waals surface area contributed by atoms with E-state index in [1.165, 1.54) is 4.80 Å². The highest BCUT2D eigenvalue weighted by Gasteiger charge is 2.16. The van der Waals surface area contributed by atoms with Crippen molar-refractivity contribution in [3.8, 4) is 11.4 Å². The number of nitrogens with zero attached hydrogens (tertiary/aromatic N) is 5. The summed E-state index contributed by atoms with van der Waals surface area (Å²) in [6.45, 7) is 3.20. The topological polar surface area (TPSA) is 63.9 Å². The molecule has 0 saturated carbocycles. The highest BCUT2D eigenvalue weighted by molar-refractivity contribution is 9.11. The van der Waals surface area contributed by atoms with Gasteiger partial charge in [-0.2, -0.15) is 4.80 Å². The highest BCUT2D eigenvalue weighted by atomic mass is 79.9. The van der Waals surface area contributed by atoms with Crippen molar-refractivity contribution in [3.05, 3.63) is 50.1 Å². The Bertz CT molecular complexity index is 864. The van der Waals surface area contributed by atoms with Gasteiger partial charge in [-0.1, -0.05) is 11.6 Å². The summed E-state index contributed by atoms with van der Waals surface area (Å²) in [4.78, 5) is 16.7. The summed E-state index contributed by atoms with van der Waals surface area (Å²) in [7, 11) is 0. The Balaban J connectivity index is 1.66. The first-order valence-electron chi connectivity index (χ1n) is 7.61. The third kappa shape index (κ3) is 4.65. The van der Waals surface area contributed by atoms with Gasteiger partial charge in [0.05, 0.1) is 10.3 Å². The monoisotopic (exact) mass is 439 g/mol. The fourth-order valence-electron chi connectivity index (χ4n) is 2.25. The van der Waals surface area contributed by atoms with E-state index in [9.17, 15) is 4.79 Å². The fourth-order valence-corrected chi connectivity index (χ4v) is 3.87. The van der Waals surface area contributed by atoms with Crippen LogP contribution in [0.3, 0.4) is 0 Å². The first-order valence-corrected chi connectivity index (χ1v) is 9.59. The number of halogens is 2. The molecule has 0 unspecified atom stereocenters. The number of carbonyl (C=O) groups excluding carboxylic acids is 1. The Morgan fingerprint density at radius 3 is 2.68 bits per heavy atom. The second-order valence-electron chi connectivity index (χ2n) is 5.26. The largest absolute Gasteiger partial charge is 0.336 e.